The number of nitrogens with zero attached hydrogens (tertiary/aromatic N) is 3. The van der Waals surface area contributed by atoms with Crippen molar-refractivity contribution in [2.45, 2.75) is 0 Å². The molecule has 25 heavy (non-hydrogen) atoms. The molecule has 1 amide bonds. The van der Waals surface area contributed by atoms with Gasteiger partial charge in [-0.2, -0.15) is 5.10 Å². The lowest BCUT2D eigenvalue weighted by molar-refractivity contribution is 0.0949. The summed E-state index contributed by atoms with van der Waals surface area (Å²) >= 11 is 6.16. The highest BCUT2D eigenvalue weighted by molar-refractivity contribution is 6.32. The summed E-state index contributed by atoms with van der Waals surface area (Å²) in [4.78, 5) is 14.3. The fourth-order valence-corrected chi connectivity index (χ4v) is 2.68. The molecule has 3 aromatic rings. The highest BCUT2D eigenvalue weighted by atomic mass is 35.5. The highest BCUT2D eigenvalue weighted by Gasteiger charge is 2.11. The first-order valence-electron chi connectivity index (χ1n) is 8.00. The van der Waals surface area contributed by atoms with Gasteiger partial charge < -0.3 is 10.2 Å². The number of anilines is 1. The Labute approximate surface area is 151 Å². The van der Waals surface area contributed by atoms with Crippen molar-refractivity contribution in [3.05, 3.63) is 77.6 Å². The number of hydrogen-bond donors (Lipinski definition) is 1. The first-order chi connectivity index (χ1) is 12.1. The Bertz CT molecular complexity index is 847. The summed E-state index contributed by atoms with van der Waals surface area (Å²) < 4.78 is 1.60. The number of amides is 1. The van der Waals surface area contributed by atoms with Crippen molar-refractivity contribution in [1.29, 1.82) is 0 Å². The Kier molecular flexibility index (Phi) is 5.36. The third-order valence-corrected chi connectivity index (χ3v) is 4.17. The molecule has 0 aliphatic rings. The van der Waals surface area contributed by atoms with Crippen molar-refractivity contribution >= 4 is 23.2 Å². The quantitative estimate of drug-likeness (QED) is 0.738. The van der Waals surface area contributed by atoms with Crippen LogP contribution in [0, 0.1) is 0 Å². The topological polar surface area (TPSA) is 50.2 Å². The first kappa shape index (κ1) is 17.0. The van der Waals surface area contributed by atoms with E-state index in [-0.39, 0.29) is 5.91 Å². The van der Waals surface area contributed by atoms with Crippen LogP contribution >= 0.6 is 11.6 Å². The minimum Gasteiger partial charge on any atom is -0.373 e. The average molecular weight is 355 g/mol. The van der Waals surface area contributed by atoms with Gasteiger partial charge in [0.15, 0.2) is 5.69 Å². The number of rotatable bonds is 6. The third kappa shape index (κ3) is 4.19. The summed E-state index contributed by atoms with van der Waals surface area (Å²) in [6.07, 6.45) is 1.73. The molecule has 1 aromatic heterocycles. The number of hydrogen-bond acceptors (Lipinski definition) is 3. The van der Waals surface area contributed by atoms with Crippen LogP contribution in [0.1, 0.15) is 10.5 Å². The molecule has 128 valence electrons. The van der Waals surface area contributed by atoms with Gasteiger partial charge in [0, 0.05) is 32.0 Å². The second kappa shape index (κ2) is 7.85. The van der Waals surface area contributed by atoms with Crippen molar-refractivity contribution in [1.82, 2.24) is 15.1 Å². The van der Waals surface area contributed by atoms with Gasteiger partial charge in [-0.15, -0.1) is 0 Å². The lowest BCUT2D eigenvalue weighted by Crippen LogP contribution is -2.33. The maximum absolute atomic E-state index is 12.3. The number of halogens is 1. The lowest BCUT2D eigenvalue weighted by atomic mass is 10.3. The van der Waals surface area contributed by atoms with E-state index in [1.165, 1.54) is 0 Å². The second-order valence-electron chi connectivity index (χ2n) is 5.61. The Morgan fingerprint density at radius 3 is 2.60 bits per heavy atom. The number of carbonyl (C=O) groups is 1. The number of carbonyl (C=O) groups excluding carboxylic acids is 1. The summed E-state index contributed by atoms with van der Waals surface area (Å²) in [5.41, 5.74) is 2.22. The zero-order chi connectivity index (χ0) is 17.6. The molecule has 0 aliphatic carbocycles. The van der Waals surface area contributed by atoms with Crippen molar-refractivity contribution in [2.24, 2.45) is 0 Å². The molecule has 1 heterocycles. The molecule has 0 saturated carbocycles. The van der Waals surface area contributed by atoms with Gasteiger partial charge in [-0.3, -0.25) is 4.79 Å². The molecule has 1 N–H and O–H groups in total. The molecule has 0 bridgehead atoms. The normalized spacial score (nSPS) is 10.5. The highest BCUT2D eigenvalue weighted by Crippen LogP contribution is 2.19. The summed E-state index contributed by atoms with van der Waals surface area (Å²) in [7, 11) is 1.99. The maximum atomic E-state index is 12.3. The molecule has 6 heteroatoms. The summed E-state index contributed by atoms with van der Waals surface area (Å²) in [5, 5.41) is 7.78. The number of benzene rings is 2. The number of likely N-dealkylation sites (N-methyl/N-ethyl adjacent to an activating group) is 1. The van der Waals surface area contributed by atoms with E-state index in [4.69, 9.17) is 11.6 Å². The fraction of sp³-hybridized carbons (Fsp3) is 0.158. The van der Waals surface area contributed by atoms with Gasteiger partial charge in [0.05, 0.1) is 10.7 Å². The third-order valence-electron chi connectivity index (χ3n) is 3.85. The standard InChI is InChI=1S/C19H19ClN4O/c1-23(15-7-3-2-4-8-15)14-12-21-19(25)17-11-13-24(22-17)18-10-6-5-9-16(18)20/h2-11,13H,12,14H2,1H3,(H,21,25). The van der Waals surface area contributed by atoms with Gasteiger partial charge in [-0.25, -0.2) is 4.68 Å². The minimum absolute atomic E-state index is 0.202. The largest absolute Gasteiger partial charge is 0.373 e. The van der Waals surface area contributed by atoms with E-state index in [0.29, 0.717) is 23.8 Å². The molecule has 0 spiro atoms. The van der Waals surface area contributed by atoms with Crippen molar-refractivity contribution in [2.75, 3.05) is 25.0 Å². The average Bonchev–Trinajstić information content (AvgIpc) is 3.12. The van der Waals surface area contributed by atoms with E-state index < -0.39 is 0 Å². The molecule has 0 atom stereocenters. The van der Waals surface area contributed by atoms with Crippen LogP contribution in [-0.2, 0) is 0 Å². The van der Waals surface area contributed by atoms with E-state index in [0.717, 1.165) is 11.4 Å². The van der Waals surface area contributed by atoms with Gasteiger partial charge in [0.1, 0.15) is 0 Å². The Balaban J connectivity index is 1.57. The van der Waals surface area contributed by atoms with Crippen LogP contribution in [0.25, 0.3) is 5.69 Å². The van der Waals surface area contributed by atoms with Crippen LogP contribution < -0.4 is 10.2 Å². The van der Waals surface area contributed by atoms with E-state index in [1.54, 1.807) is 23.0 Å². The minimum atomic E-state index is -0.202. The van der Waals surface area contributed by atoms with Gasteiger partial charge in [0.2, 0.25) is 0 Å². The number of nitrogens with one attached hydrogen (secondary N) is 1. The summed E-state index contributed by atoms with van der Waals surface area (Å²) in [5.74, 6) is -0.202. The number of aromatic nitrogens is 2. The van der Waals surface area contributed by atoms with Gasteiger partial charge in [-0.1, -0.05) is 41.9 Å². The predicted molar refractivity (Wildman–Crippen MR) is 101 cm³/mol. The maximum Gasteiger partial charge on any atom is 0.271 e. The summed E-state index contributed by atoms with van der Waals surface area (Å²) in [6.45, 7) is 1.24. The number of para-hydroxylation sites is 2. The van der Waals surface area contributed by atoms with Crippen LogP contribution in [0.15, 0.2) is 66.9 Å². The molecule has 3 rings (SSSR count). The Morgan fingerprint density at radius 2 is 1.84 bits per heavy atom. The van der Waals surface area contributed by atoms with E-state index in [9.17, 15) is 4.79 Å². The van der Waals surface area contributed by atoms with E-state index in [2.05, 4.69) is 15.3 Å². The van der Waals surface area contributed by atoms with E-state index >= 15 is 0 Å². The lowest BCUT2D eigenvalue weighted by Gasteiger charge is -2.19. The molecule has 0 saturated heterocycles. The zero-order valence-corrected chi connectivity index (χ0v) is 14.6. The molecule has 0 radical (unpaired) electrons. The van der Waals surface area contributed by atoms with Crippen molar-refractivity contribution < 1.29 is 4.79 Å². The SMILES string of the molecule is CN(CCNC(=O)c1ccn(-c2ccccc2Cl)n1)c1ccccc1. The van der Waals surface area contributed by atoms with Gasteiger partial charge in [0.25, 0.3) is 5.91 Å². The van der Waals surface area contributed by atoms with Gasteiger partial charge >= 0.3 is 0 Å². The predicted octanol–water partition coefficient (Wildman–Crippen LogP) is 3.39. The monoisotopic (exact) mass is 354 g/mol. The van der Waals surface area contributed by atoms with E-state index in [1.807, 2.05) is 55.6 Å². The Morgan fingerprint density at radius 1 is 1.12 bits per heavy atom. The smallest absolute Gasteiger partial charge is 0.271 e. The van der Waals surface area contributed by atoms with Crippen LogP contribution in [0.5, 0.6) is 0 Å². The fourth-order valence-electron chi connectivity index (χ4n) is 2.46. The molecule has 0 fully saturated rings. The Hall–Kier alpha value is -2.79. The summed E-state index contributed by atoms with van der Waals surface area (Å²) in [6, 6.07) is 19.1. The molecule has 0 aliphatic heterocycles. The zero-order valence-electron chi connectivity index (χ0n) is 13.9. The molecule has 5 nitrogen and oxygen atoms in total. The first-order valence-corrected chi connectivity index (χ1v) is 8.38. The molecule has 2 aromatic carbocycles. The van der Waals surface area contributed by atoms with Crippen LogP contribution in [0.3, 0.4) is 0 Å². The van der Waals surface area contributed by atoms with Crippen LogP contribution in [0.2, 0.25) is 5.02 Å². The molecular formula is C19H19ClN4O. The van der Waals surface area contributed by atoms with Crippen LogP contribution in [0.4, 0.5) is 5.69 Å². The van der Waals surface area contributed by atoms with Crippen molar-refractivity contribution in [3.63, 3.8) is 0 Å². The second-order valence-corrected chi connectivity index (χ2v) is 6.02. The molecular weight excluding hydrogens is 336 g/mol. The molecule has 0 unspecified atom stereocenters. The van der Waals surface area contributed by atoms with Crippen LogP contribution in [-0.4, -0.2) is 35.8 Å². The van der Waals surface area contributed by atoms with Gasteiger partial charge in [-0.05, 0) is 30.3 Å². The van der Waals surface area contributed by atoms with Crippen molar-refractivity contribution in [3.8, 4) is 5.69 Å².